The van der Waals surface area contributed by atoms with E-state index in [1.54, 1.807) is 12.3 Å². The number of piperidine rings is 1. The molecule has 136 valence electrons. The molecule has 1 aromatic carbocycles. The van der Waals surface area contributed by atoms with Crippen molar-refractivity contribution in [2.24, 2.45) is 0 Å². The summed E-state index contributed by atoms with van der Waals surface area (Å²) in [5, 5.41) is 9.74. The highest BCUT2D eigenvalue weighted by molar-refractivity contribution is 6.31. The Kier molecular flexibility index (Phi) is 5.48. The lowest BCUT2D eigenvalue weighted by Gasteiger charge is -2.38. The molecule has 2 heterocycles. The molecule has 0 radical (unpaired) electrons. The minimum absolute atomic E-state index is 0.422. The van der Waals surface area contributed by atoms with Crippen molar-refractivity contribution in [3.05, 3.63) is 41.0 Å². The topological polar surface area (TPSA) is 59.3 Å². The molecule has 0 aliphatic carbocycles. The number of aromatic nitrogens is 2. The highest BCUT2D eigenvalue weighted by atomic mass is 35.5. The second kappa shape index (κ2) is 7.79. The lowest BCUT2D eigenvalue weighted by Crippen LogP contribution is -2.44. The largest absolute Gasteiger partial charge is 0.371 e. The number of halogens is 1. The fraction of sp³-hybridized carbons (Fsp3) is 0.421. The van der Waals surface area contributed by atoms with Crippen LogP contribution in [0.1, 0.15) is 18.4 Å². The molecule has 1 aliphatic heterocycles. The van der Waals surface area contributed by atoms with Crippen molar-refractivity contribution >= 4 is 29.1 Å². The van der Waals surface area contributed by atoms with Gasteiger partial charge in [-0.05, 0) is 37.1 Å². The lowest BCUT2D eigenvalue weighted by atomic mass is 10.0. The van der Waals surface area contributed by atoms with E-state index >= 15 is 0 Å². The van der Waals surface area contributed by atoms with Crippen LogP contribution in [-0.4, -0.2) is 50.2 Å². The van der Waals surface area contributed by atoms with E-state index in [4.69, 9.17) is 16.9 Å². The third-order valence-electron chi connectivity index (χ3n) is 4.78. The summed E-state index contributed by atoms with van der Waals surface area (Å²) in [4.78, 5) is 15.4. The van der Waals surface area contributed by atoms with E-state index in [0.29, 0.717) is 16.6 Å². The van der Waals surface area contributed by atoms with Crippen LogP contribution < -0.4 is 14.7 Å². The summed E-state index contributed by atoms with van der Waals surface area (Å²) in [6, 6.07) is 10.1. The normalized spacial score (nSPS) is 14.8. The fourth-order valence-electron chi connectivity index (χ4n) is 3.27. The van der Waals surface area contributed by atoms with Gasteiger partial charge in [-0.15, -0.1) is 0 Å². The molecule has 1 saturated heterocycles. The van der Waals surface area contributed by atoms with Crippen molar-refractivity contribution in [2.75, 3.05) is 48.9 Å². The average Bonchev–Trinajstić information content (AvgIpc) is 2.67. The molecule has 6 nitrogen and oxygen atoms in total. The minimum Gasteiger partial charge on any atom is -0.371 e. The van der Waals surface area contributed by atoms with Crippen LogP contribution in [0.25, 0.3) is 0 Å². The molecule has 1 aliphatic rings. The third-order valence-corrected chi connectivity index (χ3v) is 5.00. The third kappa shape index (κ3) is 4.00. The zero-order valence-electron chi connectivity index (χ0n) is 15.4. The molecule has 0 amide bonds. The van der Waals surface area contributed by atoms with E-state index in [2.05, 4.69) is 32.9 Å². The monoisotopic (exact) mass is 370 g/mol. The molecule has 26 heavy (non-hydrogen) atoms. The van der Waals surface area contributed by atoms with Gasteiger partial charge in [0.25, 0.3) is 0 Å². The van der Waals surface area contributed by atoms with Crippen molar-refractivity contribution in [1.82, 2.24) is 9.97 Å². The van der Waals surface area contributed by atoms with Crippen LogP contribution in [-0.2, 0) is 0 Å². The number of rotatable bonds is 4. The van der Waals surface area contributed by atoms with Crippen LogP contribution in [0.5, 0.6) is 0 Å². The maximum absolute atomic E-state index is 9.14. The van der Waals surface area contributed by atoms with Crippen LogP contribution in [0.4, 0.5) is 17.5 Å². The SMILES string of the molecule is CN(C)c1nccc(N(C)C2CCN(c3cc(Cl)cc(C#N)c3)CC2)n1. The van der Waals surface area contributed by atoms with E-state index in [9.17, 15) is 0 Å². The predicted molar refractivity (Wildman–Crippen MR) is 106 cm³/mol. The van der Waals surface area contributed by atoms with Gasteiger partial charge in [0.1, 0.15) is 5.82 Å². The van der Waals surface area contributed by atoms with Gasteiger partial charge < -0.3 is 14.7 Å². The zero-order valence-corrected chi connectivity index (χ0v) is 16.1. The average molecular weight is 371 g/mol. The standard InChI is InChI=1S/C19H23ClN6/c1-24(2)19-22-7-4-18(23-19)25(3)16-5-8-26(9-6-16)17-11-14(13-21)10-15(20)12-17/h4,7,10-12,16H,5-6,8-9H2,1-3H3. The molecule has 0 N–H and O–H groups in total. The van der Waals surface area contributed by atoms with Crippen LogP contribution in [0.15, 0.2) is 30.5 Å². The minimum atomic E-state index is 0.422. The van der Waals surface area contributed by atoms with Gasteiger partial charge in [-0.3, -0.25) is 0 Å². The van der Waals surface area contributed by atoms with Crippen molar-refractivity contribution in [2.45, 2.75) is 18.9 Å². The molecule has 2 aromatic rings. The number of hydrogen-bond acceptors (Lipinski definition) is 6. The molecular formula is C19H23ClN6. The van der Waals surface area contributed by atoms with Gasteiger partial charge in [0, 0.05) is 57.2 Å². The maximum atomic E-state index is 9.14. The van der Waals surface area contributed by atoms with Gasteiger partial charge in [-0.25, -0.2) is 4.98 Å². The molecule has 3 rings (SSSR count). The number of nitrogens with zero attached hydrogens (tertiary/aromatic N) is 6. The highest BCUT2D eigenvalue weighted by Crippen LogP contribution is 2.27. The Hall–Kier alpha value is -2.52. The van der Waals surface area contributed by atoms with E-state index in [1.165, 1.54) is 0 Å². The van der Waals surface area contributed by atoms with Crippen molar-refractivity contribution < 1.29 is 0 Å². The Morgan fingerprint density at radius 1 is 1.19 bits per heavy atom. The Balaban J connectivity index is 1.68. The Bertz CT molecular complexity index is 808. The summed E-state index contributed by atoms with van der Waals surface area (Å²) in [5.41, 5.74) is 1.62. The zero-order chi connectivity index (χ0) is 18.7. The van der Waals surface area contributed by atoms with Crippen LogP contribution >= 0.6 is 11.6 Å². The first-order chi connectivity index (χ1) is 12.5. The molecule has 0 atom stereocenters. The molecular weight excluding hydrogens is 348 g/mol. The highest BCUT2D eigenvalue weighted by Gasteiger charge is 2.24. The first kappa shape index (κ1) is 18.3. The predicted octanol–water partition coefficient (Wildman–Crippen LogP) is 3.17. The first-order valence-corrected chi connectivity index (χ1v) is 9.04. The quantitative estimate of drug-likeness (QED) is 0.823. The van der Waals surface area contributed by atoms with Crippen molar-refractivity contribution in [1.29, 1.82) is 5.26 Å². The Labute approximate surface area is 159 Å². The van der Waals surface area contributed by atoms with Crippen molar-refractivity contribution in [3.8, 4) is 6.07 Å². The van der Waals surface area contributed by atoms with Gasteiger partial charge in [0.2, 0.25) is 5.95 Å². The number of anilines is 3. The lowest BCUT2D eigenvalue weighted by molar-refractivity contribution is 0.480. The van der Waals surface area contributed by atoms with Crippen LogP contribution in [0.3, 0.4) is 0 Å². The molecule has 0 bridgehead atoms. The van der Waals surface area contributed by atoms with Gasteiger partial charge in [0.15, 0.2) is 0 Å². The van der Waals surface area contributed by atoms with Gasteiger partial charge in [0.05, 0.1) is 11.6 Å². The summed E-state index contributed by atoms with van der Waals surface area (Å²) >= 11 is 6.14. The summed E-state index contributed by atoms with van der Waals surface area (Å²) in [7, 11) is 5.98. The van der Waals surface area contributed by atoms with Crippen LogP contribution in [0.2, 0.25) is 5.02 Å². The molecule has 1 aromatic heterocycles. The van der Waals surface area contributed by atoms with Gasteiger partial charge in [-0.1, -0.05) is 11.6 Å². The smallest absolute Gasteiger partial charge is 0.226 e. The summed E-state index contributed by atoms with van der Waals surface area (Å²) in [6.07, 6.45) is 3.84. The second-order valence-electron chi connectivity index (χ2n) is 6.75. The van der Waals surface area contributed by atoms with E-state index in [0.717, 1.165) is 43.4 Å². The first-order valence-electron chi connectivity index (χ1n) is 8.67. The maximum Gasteiger partial charge on any atom is 0.226 e. The summed E-state index contributed by atoms with van der Waals surface area (Å²) in [5.74, 6) is 1.66. The van der Waals surface area contributed by atoms with E-state index in [-0.39, 0.29) is 0 Å². The van der Waals surface area contributed by atoms with E-state index < -0.39 is 0 Å². The molecule has 0 spiro atoms. The fourth-order valence-corrected chi connectivity index (χ4v) is 3.50. The number of nitriles is 1. The van der Waals surface area contributed by atoms with E-state index in [1.807, 2.05) is 37.2 Å². The number of hydrogen-bond donors (Lipinski definition) is 0. The van der Waals surface area contributed by atoms with Crippen LogP contribution in [0, 0.1) is 11.3 Å². The Morgan fingerprint density at radius 3 is 2.58 bits per heavy atom. The summed E-state index contributed by atoms with van der Waals surface area (Å²) in [6.45, 7) is 1.84. The molecule has 0 unspecified atom stereocenters. The Morgan fingerprint density at radius 2 is 1.92 bits per heavy atom. The molecule has 7 heteroatoms. The summed E-state index contributed by atoms with van der Waals surface area (Å²) < 4.78 is 0. The second-order valence-corrected chi connectivity index (χ2v) is 7.18. The molecule has 0 saturated carbocycles. The van der Waals surface area contributed by atoms with Gasteiger partial charge >= 0.3 is 0 Å². The number of benzene rings is 1. The van der Waals surface area contributed by atoms with Crippen molar-refractivity contribution in [3.63, 3.8) is 0 Å². The molecule has 1 fully saturated rings. The van der Waals surface area contributed by atoms with Gasteiger partial charge in [-0.2, -0.15) is 10.2 Å².